The van der Waals surface area contributed by atoms with Gasteiger partial charge in [-0.05, 0) is 24.3 Å². The average Bonchev–Trinajstić information content (AvgIpc) is 3.32. The number of phenolic OH excluding ortho intramolecular Hbond substituents is 1. The fourth-order valence-corrected chi connectivity index (χ4v) is 5.36. The topological polar surface area (TPSA) is 160 Å². The van der Waals surface area contributed by atoms with Crippen molar-refractivity contribution in [1.29, 1.82) is 10.5 Å². The predicted molar refractivity (Wildman–Crippen MR) is 181 cm³/mol. The van der Waals surface area contributed by atoms with Crippen LogP contribution in [0.25, 0.3) is 0 Å². The minimum atomic E-state index is -0.299. The van der Waals surface area contributed by atoms with Crippen LogP contribution >= 0.6 is 34.8 Å². The Morgan fingerprint density at radius 2 is 1.23 bits per heavy atom. The Morgan fingerprint density at radius 1 is 0.745 bits per heavy atom. The number of benzene rings is 4. The standard InChI is InChI=1S/C18H13Cl2N3O2.C16H10ClN3O2/c19-5-6-25-16-8-15-13(7-11(16)9-21)18(22-10-17(24)23-15)12-3-1-2-4-14(12)20;17-12-4-2-1-3-10(12)16-11-5-9(7-18)14(21)6-13(11)20-15(22)8-19-16/h1-4,7-8H,5-6,10H2,(H,23,24);1-6,21H,8H2,(H,20,22). The van der Waals surface area contributed by atoms with E-state index in [0.717, 1.165) is 0 Å². The first-order chi connectivity index (χ1) is 22.7. The van der Waals surface area contributed by atoms with Gasteiger partial charge in [-0.3, -0.25) is 19.6 Å². The number of nitrogens with one attached hydrogen (secondary N) is 2. The lowest BCUT2D eigenvalue weighted by Gasteiger charge is -2.14. The minimum absolute atomic E-state index is 0.0327. The summed E-state index contributed by atoms with van der Waals surface area (Å²) in [4.78, 5) is 32.5. The summed E-state index contributed by atoms with van der Waals surface area (Å²) in [6.07, 6.45) is 0. The van der Waals surface area contributed by atoms with Crippen molar-refractivity contribution in [3.63, 3.8) is 0 Å². The van der Waals surface area contributed by atoms with Gasteiger partial charge in [-0.1, -0.05) is 59.6 Å². The molecule has 10 nitrogen and oxygen atoms in total. The van der Waals surface area contributed by atoms with Gasteiger partial charge in [0, 0.05) is 44.4 Å². The van der Waals surface area contributed by atoms with Gasteiger partial charge in [0.25, 0.3) is 0 Å². The number of benzodiazepines with no additional fused rings is 2. The van der Waals surface area contributed by atoms with Gasteiger partial charge in [0.1, 0.15) is 43.3 Å². The molecule has 0 bridgehead atoms. The Morgan fingerprint density at radius 3 is 1.72 bits per heavy atom. The van der Waals surface area contributed by atoms with Crippen molar-refractivity contribution in [2.24, 2.45) is 9.98 Å². The van der Waals surface area contributed by atoms with Gasteiger partial charge in [0.2, 0.25) is 11.8 Å². The summed E-state index contributed by atoms with van der Waals surface area (Å²) in [5.74, 6) is -0.0889. The molecule has 3 N–H and O–H groups in total. The van der Waals surface area contributed by atoms with E-state index in [0.29, 0.717) is 72.3 Å². The van der Waals surface area contributed by atoms with Crippen LogP contribution in [0.5, 0.6) is 11.5 Å². The maximum atomic E-state index is 12.0. The smallest absolute Gasteiger partial charge is 0.246 e. The van der Waals surface area contributed by atoms with Crippen LogP contribution in [0.4, 0.5) is 11.4 Å². The summed E-state index contributed by atoms with van der Waals surface area (Å²) in [6.45, 7) is 0.168. The zero-order chi connectivity index (χ0) is 33.5. The van der Waals surface area contributed by atoms with Crippen LogP contribution < -0.4 is 15.4 Å². The number of anilines is 2. The van der Waals surface area contributed by atoms with E-state index in [2.05, 4.69) is 26.7 Å². The highest BCUT2D eigenvalue weighted by Crippen LogP contribution is 2.33. The van der Waals surface area contributed by atoms with E-state index in [1.165, 1.54) is 12.1 Å². The second kappa shape index (κ2) is 14.8. The van der Waals surface area contributed by atoms with Crippen LogP contribution in [0, 0.1) is 22.7 Å². The summed E-state index contributed by atoms with van der Waals surface area (Å²) >= 11 is 18.2. The summed E-state index contributed by atoms with van der Waals surface area (Å²) in [5, 5.41) is 34.8. The van der Waals surface area contributed by atoms with Crippen LogP contribution in [-0.2, 0) is 9.59 Å². The number of nitriles is 2. The Balaban J connectivity index is 0.000000186. The molecule has 2 aliphatic rings. The third-order valence-electron chi connectivity index (χ3n) is 6.91. The summed E-state index contributed by atoms with van der Waals surface area (Å²) < 4.78 is 5.51. The molecule has 2 amide bonds. The van der Waals surface area contributed by atoms with Crippen molar-refractivity contribution >= 4 is 69.4 Å². The predicted octanol–water partition coefficient (Wildman–Crippen LogP) is 6.33. The quantitative estimate of drug-likeness (QED) is 0.208. The van der Waals surface area contributed by atoms with Crippen molar-refractivity contribution in [3.8, 4) is 23.6 Å². The van der Waals surface area contributed by atoms with Crippen LogP contribution in [0.3, 0.4) is 0 Å². The molecule has 6 rings (SSSR count). The molecule has 234 valence electrons. The summed E-state index contributed by atoms with van der Waals surface area (Å²) in [7, 11) is 0. The Kier molecular flexibility index (Phi) is 10.4. The molecule has 0 aliphatic carbocycles. The van der Waals surface area contributed by atoms with E-state index >= 15 is 0 Å². The molecule has 0 fully saturated rings. The molecule has 2 aliphatic heterocycles. The fourth-order valence-electron chi connectivity index (χ4n) is 4.83. The maximum absolute atomic E-state index is 12.0. The Labute approximate surface area is 284 Å². The number of aromatic hydroxyl groups is 1. The molecule has 0 radical (unpaired) electrons. The lowest BCUT2D eigenvalue weighted by molar-refractivity contribution is -0.115. The van der Waals surface area contributed by atoms with E-state index in [1.54, 1.807) is 36.4 Å². The van der Waals surface area contributed by atoms with E-state index in [-0.39, 0.29) is 42.8 Å². The van der Waals surface area contributed by atoms with Gasteiger partial charge in [0.05, 0.1) is 39.8 Å². The van der Waals surface area contributed by atoms with E-state index in [1.807, 2.05) is 30.3 Å². The number of nitrogens with zero attached hydrogens (tertiary/aromatic N) is 4. The summed E-state index contributed by atoms with van der Waals surface area (Å²) in [6, 6.07) is 24.5. The Hall–Kier alpha value is -5.39. The molecule has 2 heterocycles. The lowest BCUT2D eigenvalue weighted by Crippen LogP contribution is -2.14. The zero-order valence-electron chi connectivity index (χ0n) is 24.4. The molecule has 4 aromatic rings. The van der Waals surface area contributed by atoms with Crippen molar-refractivity contribution < 1.29 is 19.4 Å². The number of phenols is 1. The normalized spacial score (nSPS) is 13.3. The van der Waals surface area contributed by atoms with Gasteiger partial charge in [0.15, 0.2) is 0 Å². The van der Waals surface area contributed by atoms with Gasteiger partial charge >= 0.3 is 0 Å². The van der Waals surface area contributed by atoms with Crippen LogP contribution in [0.15, 0.2) is 82.8 Å². The van der Waals surface area contributed by atoms with Gasteiger partial charge < -0.3 is 20.5 Å². The highest BCUT2D eigenvalue weighted by atomic mass is 35.5. The average molecular weight is 686 g/mol. The molecule has 47 heavy (non-hydrogen) atoms. The molecule has 0 saturated heterocycles. The van der Waals surface area contributed by atoms with Crippen molar-refractivity contribution in [2.45, 2.75) is 0 Å². The van der Waals surface area contributed by atoms with Crippen LogP contribution in [0.1, 0.15) is 33.4 Å². The first kappa shape index (κ1) is 33.0. The second-order valence-electron chi connectivity index (χ2n) is 9.96. The highest BCUT2D eigenvalue weighted by Gasteiger charge is 2.23. The largest absolute Gasteiger partial charge is 0.506 e. The molecule has 0 unspecified atom stereocenters. The lowest BCUT2D eigenvalue weighted by atomic mass is 9.98. The fraction of sp³-hybridized carbons (Fsp3) is 0.118. The number of ether oxygens (including phenoxy) is 1. The minimum Gasteiger partial charge on any atom is -0.506 e. The highest BCUT2D eigenvalue weighted by molar-refractivity contribution is 6.37. The molecule has 0 aromatic heterocycles. The zero-order valence-corrected chi connectivity index (χ0v) is 26.6. The van der Waals surface area contributed by atoms with E-state index < -0.39 is 0 Å². The molecule has 4 aromatic carbocycles. The number of aliphatic imine (C=N–C) groups is 2. The molecule has 13 heteroatoms. The van der Waals surface area contributed by atoms with Crippen molar-refractivity contribution in [1.82, 2.24) is 0 Å². The molecular weight excluding hydrogens is 663 g/mol. The maximum Gasteiger partial charge on any atom is 0.246 e. The monoisotopic (exact) mass is 684 g/mol. The van der Waals surface area contributed by atoms with Crippen LogP contribution in [0.2, 0.25) is 10.0 Å². The third kappa shape index (κ3) is 7.37. The Bertz CT molecular complexity index is 2050. The third-order valence-corrected chi connectivity index (χ3v) is 7.72. The van der Waals surface area contributed by atoms with Crippen molar-refractivity contribution in [3.05, 3.63) is 116 Å². The number of carbonyl (C=O) groups excluding carboxylic acids is 2. The first-order valence-electron chi connectivity index (χ1n) is 14.0. The number of fused-ring (bicyclic) bond motifs is 2. The van der Waals surface area contributed by atoms with Crippen LogP contribution in [-0.4, -0.2) is 53.9 Å². The molecule has 0 saturated carbocycles. The van der Waals surface area contributed by atoms with Gasteiger partial charge in [-0.2, -0.15) is 10.5 Å². The first-order valence-corrected chi connectivity index (χ1v) is 15.3. The van der Waals surface area contributed by atoms with E-state index in [9.17, 15) is 20.0 Å². The number of amides is 2. The van der Waals surface area contributed by atoms with Gasteiger partial charge in [-0.15, -0.1) is 11.6 Å². The van der Waals surface area contributed by atoms with Gasteiger partial charge in [-0.25, -0.2) is 0 Å². The number of hydrogen-bond acceptors (Lipinski definition) is 8. The number of alkyl halides is 1. The summed E-state index contributed by atoms with van der Waals surface area (Å²) in [5.41, 5.74) is 4.95. The number of rotatable bonds is 5. The molecule has 0 atom stereocenters. The number of carbonyl (C=O) groups is 2. The molecule has 0 spiro atoms. The number of halogens is 3. The number of hydrogen-bond donors (Lipinski definition) is 3. The van der Waals surface area contributed by atoms with Crippen molar-refractivity contribution in [2.75, 3.05) is 36.2 Å². The SMILES string of the molecule is N#Cc1cc2c(cc1O)NC(=O)CN=C2c1ccccc1Cl.N#Cc1cc2c(cc1OCCCl)NC(=O)CN=C2c1ccccc1Cl. The molecular formula is C34H23Cl3N6O4. The second-order valence-corrected chi connectivity index (χ2v) is 11.1. The van der Waals surface area contributed by atoms with E-state index in [4.69, 9.17) is 44.8 Å².